The fraction of sp³-hybridized carbons (Fsp3) is 0.533. The predicted octanol–water partition coefficient (Wildman–Crippen LogP) is 3.08. The molecule has 1 N–H and O–H groups in total. The molecule has 3 nitrogen and oxygen atoms in total. The van der Waals surface area contributed by atoms with E-state index in [1.165, 1.54) is 6.07 Å². The zero-order valence-corrected chi connectivity index (χ0v) is 13.1. The van der Waals surface area contributed by atoms with Crippen molar-refractivity contribution in [1.82, 2.24) is 10.2 Å². The molecule has 1 aliphatic heterocycles. The lowest BCUT2D eigenvalue weighted by atomic mass is 10.2. The smallest absolute Gasteiger partial charge is 0.222 e. The van der Waals surface area contributed by atoms with Crippen LogP contribution < -0.4 is 5.32 Å². The van der Waals surface area contributed by atoms with Crippen LogP contribution in [0.4, 0.5) is 4.39 Å². The van der Waals surface area contributed by atoms with Crippen LogP contribution in [0.25, 0.3) is 0 Å². The number of rotatable bonds is 5. The molecule has 0 aliphatic carbocycles. The molecule has 0 aromatic heterocycles. The van der Waals surface area contributed by atoms with Gasteiger partial charge in [-0.25, -0.2) is 4.39 Å². The molecular weight excluding hydrogens is 323 g/mol. The van der Waals surface area contributed by atoms with Crippen LogP contribution in [0.2, 0.25) is 0 Å². The van der Waals surface area contributed by atoms with Crippen molar-refractivity contribution in [2.24, 2.45) is 0 Å². The Morgan fingerprint density at radius 1 is 1.30 bits per heavy atom. The van der Waals surface area contributed by atoms with Crippen LogP contribution in [0.5, 0.6) is 0 Å². The van der Waals surface area contributed by atoms with E-state index >= 15 is 0 Å². The third kappa shape index (κ3) is 4.56. The standard InChI is InChI=1S/C15H20BrFN2O/c16-13-10-12(5-6-14(13)17)11-18-7-9-19-8-3-1-2-4-15(19)20/h5-6,10,18H,1-4,7-9,11H2. The normalized spacial score (nSPS) is 16.3. The van der Waals surface area contributed by atoms with Gasteiger partial charge in [-0.1, -0.05) is 12.5 Å². The maximum absolute atomic E-state index is 13.1. The highest BCUT2D eigenvalue weighted by molar-refractivity contribution is 9.10. The van der Waals surface area contributed by atoms with Crippen LogP contribution >= 0.6 is 15.9 Å². The number of nitrogens with zero attached hydrogens (tertiary/aromatic N) is 1. The molecule has 1 saturated heterocycles. The summed E-state index contributed by atoms with van der Waals surface area (Å²) >= 11 is 3.18. The van der Waals surface area contributed by atoms with Gasteiger partial charge in [0.15, 0.2) is 0 Å². The number of halogens is 2. The van der Waals surface area contributed by atoms with Gasteiger partial charge >= 0.3 is 0 Å². The predicted molar refractivity (Wildman–Crippen MR) is 80.9 cm³/mol. The molecule has 0 unspecified atom stereocenters. The molecule has 1 fully saturated rings. The van der Waals surface area contributed by atoms with Crippen LogP contribution in [-0.2, 0) is 11.3 Å². The van der Waals surface area contributed by atoms with E-state index in [9.17, 15) is 9.18 Å². The molecule has 1 heterocycles. The van der Waals surface area contributed by atoms with Crippen molar-refractivity contribution in [3.63, 3.8) is 0 Å². The SMILES string of the molecule is O=C1CCCCCN1CCNCc1ccc(F)c(Br)c1. The number of carbonyl (C=O) groups excluding carboxylic acids is 1. The van der Waals surface area contributed by atoms with Crippen LogP contribution in [0, 0.1) is 5.82 Å². The van der Waals surface area contributed by atoms with Gasteiger partial charge in [-0.3, -0.25) is 4.79 Å². The average Bonchev–Trinajstić information content (AvgIpc) is 2.64. The summed E-state index contributed by atoms with van der Waals surface area (Å²) in [5, 5.41) is 3.30. The molecule has 1 amide bonds. The molecule has 0 radical (unpaired) electrons. The lowest BCUT2D eigenvalue weighted by molar-refractivity contribution is -0.130. The second-order valence-electron chi connectivity index (χ2n) is 5.12. The first-order chi connectivity index (χ1) is 9.66. The second kappa shape index (κ2) is 7.74. The molecule has 0 saturated carbocycles. The number of amides is 1. The molecule has 2 rings (SSSR count). The van der Waals surface area contributed by atoms with Crippen molar-refractivity contribution in [3.8, 4) is 0 Å². The van der Waals surface area contributed by atoms with Gasteiger partial charge in [-0.2, -0.15) is 0 Å². The lowest BCUT2D eigenvalue weighted by Crippen LogP contribution is -2.36. The summed E-state index contributed by atoms with van der Waals surface area (Å²) in [6, 6.07) is 5.00. The van der Waals surface area contributed by atoms with Crippen LogP contribution in [-0.4, -0.2) is 30.4 Å². The molecule has 5 heteroatoms. The Morgan fingerprint density at radius 2 is 2.15 bits per heavy atom. The van der Waals surface area contributed by atoms with Crippen LogP contribution in [0.3, 0.4) is 0 Å². The highest BCUT2D eigenvalue weighted by Gasteiger charge is 2.15. The number of hydrogen-bond donors (Lipinski definition) is 1. The molecular formula is C15H20BrFN2O. The highest BCUT2D eigenvalue weighted by atomic mass is 79.9. The molecule has 0 bridgehead atoms. The van der Waals surface area contributed by atoms with E-state index in [2.05, 4.69) is 21.2 Å². The minimum Gasteiger partial charge on any atom is -0.341 e. The van der Waals surface area contributed by atoms with Gasteiger partial charge in [0, 0.05) is 32.6 Å². The summed E-state index contributed by atoms with van der Waals surface area (Å²) in [5.74, 6) is 0.0257. The number of carbonyl (C=O) groups is 1. The number of nitrogens with one attached hydrogen (secondary N) is 1. The number of hydrogen-bond acceptors (Lipinski definition) is 2. The lowest BCUT2D eigenvalue weighted by Gasteiger charge is -2.20. The summed E-state index contributed by atoms with van der Waals surface area (Å²) in [6.07, 6.45) is 3.97. The zero-order valence-electron chi connectivity index (χ0n) is 11.5. The van der Waals surface area contributed by atoms with Crippen molar-refractivity contribution in [3.05, 3.63) is 34.1 Å². The Balaban J connectivity index is 1.72. The van der Waals surface area contributed by atoms with E-state index in [0.29, 0.717) is 17.4 Å². The van der Waals surface area contributed by atoms with Gasteiger partial charge < -0.3 is 10.2 Å². The monoisotopic (exact) mass is 342 g/mol. The number of likely N-dealkylation sites (tertiary alicyclic amines) is 1. The second-order valence-corrected chi connectivity index (χ2v) is 5.97. The molecule has 1 aromatic rings. The molecule has 1 aliphatic rings. The number of benzene rings is 1. The van der Waals surface area contributed by atoms with E-state index in [1.54, 1.807) is 12.1 Å². The average molecular weight is 343 g/mol. The molecule has 20 heavy (non-hydrogen) atoms. The first kappa shape index (κ1) is 15.4. The third-order valence-corrected chi connectivity index (χ3v) is 4.15. The Morgan fingerprint density at radius 3 is 2.95 bits per heavy atom. The molecule has 0 atom stereocenters. The van der Waals surface area contributed by atoms with Gasteiger partial charge in [0.05, 0.1) is 4.47 Å². The maximum atomic E-state index is 13.1. The maximum Gasteiger partial charge on any atom is 0.222 e. The fourth-order valence-corrected chi connectivity index (χ4v) is 2.80. The first-order valence-corrected chi connectivity index (χ1v) is 7.88. The van der Waals surface area contributed by atoms with E-state index in [0.717, 1.165) is 44.5 Å². The van der Waals surface area contributed by atoms with Gasteiger partial charge in [0.25, 0.3) is 0 Å². The van der Waals surface area contributed by atoms with E-state index < -0.39 is 0 Å². The first-order valence-electron chi connectivity index (χ1n) is 7.09. The van der Waals surface area contributed by atoms with Crippen LogP contribution in [0.1, 0.15) is 31.2 Å². The van der Waals surface area contributed by atoms with Crippen molar-refractivity contribution in [2.75, 3.05) is 19.6 Å². The van der Waals surface area contributed by atoms with Crippen molar-refractivity contribution in [2.45, 2.75) is 32.2 Å². The summed E-state index contributed by atoms with van der Waals surface area (Å²) in [7, 11) is 0. The Kier molecular flexibility index (Phi) is 5.98. The summed E-state index contributed by atoms with van der Waals surface area (Å²) in [6.45, 7) is 3.07. The highest BCUT2D eigenvalue weighted by Crippen LogP contribution is 2.16. The van der Waals surface area contributed by atoms with E-state index in [1.807, 2.05) is 4.90 Å². The molecule has 0 spiro atoms. The minimum absolute atomic E-state index is 0.246. The minimum atomic E-state index is -0.246. The van der Waals surface area contributed by atoms with Crippen LogP contribution in [0.15, 0.2) is 22.7 Å². The largest absolute Gasteiger partial charge is 0.341 e. The van der Waals surface area contributed by atoms with E-state index in [4.69, 9.17) is 0 Å². The summed E-state index contributed by atoms with van der Waals surface area (Å²) in [4.78, 5) is 13.8. The van der Waals surface area contributed by atoms with Crippen molar-refractivity contribution < 1.29 is 9.18 Å². The van der Waals surface area contributed by atoms with Gasteiger partial charge in [-0.15, -0.1) is 0 Å². The summed E-state index contributed by atoms with van der Waals surface area (Å²) < 4.78 is 13.6. The third-order valence-electron chi connectivity index (χ3n) is 3.54. The topological polar surface area (TPSA) is 32.3 Å². The Bertz CT molecular complexity index is 467. The van der Waals surface area contributed by atoms with Crippen molar-refractivity contribution in [1.29, 1.82) is 0 Å². The van der Waals surface area contributed by atoms with Crippen molar-refractivity contribution >= 4 is 21.8 Å². The zero-order chi connectivity index (χ0) is 14.4. The molecule has 1 aromatic carbocycles. The Hall–Kier alpha value is -0.940. The van der Waals surface area contributed by atoms with Gasteiger partial charge in [0.1, 0.15) is 5.82 Å². The quantitative estimate of drug-likeness (QED) is 0.834. The van der Waals surface area contributed by atoms with Gasteiger partial charge in [-0.05, 0) is 46.5 Å². The van der Waals surface area contributed by atoms with Gasteiger partial charge in [0.2, 0.25) is 5.91 Å². The summed E-state index contributed by atoms with van der Waals surface area (Å²) in [5.41, 5.74) is 1.03. The fourth-order valence-electron chi connectivity index (χ4n) is 2.37. The van der Waals surface area contributed by atoms with E-state index in [-0.39, 0.29) is 11.7 Å². The molecule has 110 valence electrons. The Labute approximate surface area is 127 Å².